The number of carbonyl (C=O) groups is 3. The first-order chi connectivity index (χ1) is 17.4. The molecule has 2 unspecified atom stereocenters. The summed E-state index contributed by atoms with van der Waals surface area (Å²) in [5.74, 6) is -1.09. The summed E-state index contributed by atoms with van der Waals surface area (Å²) in [5.41, 5.74) is 1.96. The van der Waals surface area contributed by atoms with Gasteiger partial charge in [0.2, 0.25) is 5.91 Å². The molecule has 2 aliphatic rings. The van der Waals surface area contributed by atoms with Crippen molar-refractivity contribution in [1.29, 1.82) is 0 Å². The molecule has 2 aromatic carbocycles. The summed E-state index contributed by atoms with van der Waals surface area (Å²) in [6.45, 7) is 1.75. The highest BCUT2D eigenvalue weighted by molar-refractivity contribution is 6.09. The maximum absolute atomic E-state index is 13.5. The molecule has 3 aromatic rings. The van der Waals surface area contributed by atoms with Crippen LogP contribution in [0, 0.1) is 11.7 Å². The summed E-state index contributed by atoms with van der Waals surface area (Å²) < 4.78 is 15.2. The lowest BCUT2D eigenvalue weighted by Crippen LogP contribution is -2.54. The van der Waals surface area contributed by atoms with Gasteiger partial charge in [-0.05, 0) is 55.2 Å². The number of halogens is 1. The molecule has 0 bridgehead atoms. The van der Waals surface area contributed by atoms with Gasteiger partial charge in [0.1, 0.15) is 17.9 Å². The topological polar surface area (TPSA) is 96.3 Å². The molecule has 9 heteroatoms. The van der Waals surface area contributed by atoms with Crippen LogP contribution in [0.15, 0.2) is 60.8 Å². The molecule has 0 radical (unpaired) electrons. The molecule has 4 amide bonds. The van der Waals surface area contributed by atoms with E-state index in [0.29, 0.717) is 23.2 Å². The van der Waals surface area contributed by atoms with Crippen molar-refractivity contribution in [3.05, 3.63) is 72.2 Å². The predicted molar refractivity (Wildman–Crippen MR) is 131 cm³/mol. The van der Waals surface area contributed by atoms with Gasteiger partial charge in [0.15, 0.2) is 0 Å². The standard InChI is InChI=1S/C27H28FN5O3/c1-18-7-5-6-14-27(18)25(35)32(26(36)30-27)17-23(34)29-15-20-16-33(22-8-3-2-4-9-22)31-24(20)19-10-12-21(28)13-11-19/h2-4,8-13,16,18H,5-7,14-15,17H2,1H3,(H,29,34)(H,30,36). The van der Waals surface area contributed by atoms with Gasteiger partial charge in [-0.3, -0.25) is 14.5 Å². The molecule has 1 aromatic heterocycles. The number of hydrogen-bond acceptors (Lipinski definition) is 4. The average molecular weight is 490 g/mol. The van der Waals surface area contributed by atoms with Crippen LogP contribution < -0.4 is 10.6 Å². The molecule has 2 atom stereocenters. The summed E-state index contributed by atoms with van der Waals surface area (Å²) in [4.78, 5) is 39.6. The minimum Gasteiger partial charge on any atom is -0.350 e. The van der Waals surface area contributed by atoms with Crippen molar-refractivity contribution in [2.45, 2.75) is 44.7 Å². The molecule has 2 fully saturated rings. The maximum Gasteiger partial charge on any atom is 0.325 e. The normalized spacial score (nSPS) is 21.6. The van der Waals surface area contributed by atoms with Crippen molar-refractivity contribution in [2.75, 3.05) is 6.54 Å². The number of urea groups is 1. The number of nitrogens with zero attached hydrogens (tertiary/aromatic N) is 3. The highest BCUT2D eigenvalue weighted by atomic mass is 19.1. The molecule has 5 rings (SSSR count). The first-order valence-electron chi connectivity index (χ1n) is 12.2. The van der Waals surface area contributed by atoms with Crippen LogP contribution in [0.3, 0.4) is 0 Å². The van der Waals surface area contributed by atoms with Crippen LogP contribution in [0.5, 0.6) is 0 Å². The van der Waals surface area contributed by atoms with Gasteiger partial charge in [-0.15, -0.1) is 0 Å². The van der Waals surface area contributed by atoms with Crippen LogP contribution >= 0.6 is 0 Å². The first-order valence-corrected chi connectivity index (χ1v) is 12.2. The molecular formula is C27H28FN5O3. The highest BCUT2D eigenvalue weighted by Gasteiger charge is 2.55. The lowest BCUT2D eigenvalue weighted by molar-refractivity contribution is -0.137. The Hall–Kier alpha value is -4.01. The van der Waals surface area contributed by atoms with Crippen LogP contribution in [0.2, 0.25) is 0 Å². The van der Waals surface area contributed by atoms with E-state index in [2.05, 4.69) is 15.7 Å². The summed E-state index contributed by atoms with van der Waals surface area (Å²) in [7, 11) is 0. The fourth-order valence-corrected chi connectivity index (χ4v) is 5.14. The first kappa shape index (κ1) is 23.7. The zero-order valence-electron chi connectivity index (χ0n) is 20.0. The van der Waals surface area contributed by atoms with Crippen molar-refractivity contribution in [3.63, 3.8) is 0 Å². The number of imide groups is 1. The lowest BCUT2D eigenvalue weighted by atomic mass is 9.73. The minimum atomic E-state index is -0.901. The van der Waals surface area contributed by atoms with Gasteiger partial charge in [0.05, 0.1) is 11.4 Å². The number of nitrogens with one attached hydrogen (secondary N) is 2. The van der Waals surface area contributed by atoms with Crippen LogP contribution in [0.25, 0.3) is 16.9 Å². The Bertz CT molecular complexity index is 1290. The number of amides is 4. The second-order valence-electron chi connectivity index (χ2n) is 9.51. The largest absolute Gasteiger partial charge is 0.350 e. The third-order valence-corrected chi connectivity index (χ3v) is 7.21. The number of para-hydroxylation sites is 1. The van der Waals surface area contributed by atoms with Gasteiger partial charge in [-0.2, -0.15) is 5.10 Å². The number of carbonyl (C=O) groups excluding carboxylic acids is 3. The summed E-state index contributed by atoms with van der Waals surface area (Å²) in [6.07, 6.45) is 5.16. The molecule has 2 N–H and O–H groups in total. The Balaban J connectivity index is 1.32. The number of benzene rings is 2. The van der Waals surface area contributed by atoms with Crippen molar-refractivity contribution in [1.82, 2.24) is 25.3 Å². The smallest absolute Gasteiger partial charge is 0.325 e. The van der Waals surface area contributed by atoms with Gasteiger partial charge >= 0.3 is 6.03 Å². The van der Waals surface area contributed by atoms with Crippen molar-refractivity contribution >= 4 is 17.8 Å². The summed E-state index contributed by atoms with van der Waals surface area (Å²) in [5, 5.41) is 10.3. The zero-order chi connectivity index (χ0) is 25.3. The van der Waals surface area contributed by atoms with E-state index in [0.717, 1.165) is 29.8 Å². The highest BCUT2D eigenvalue weighted by Crippen LogP contribution is 2.38. The van der Waals surface area contributed by atoms with Crippen LogP contribution in [0.1, 0.15) is 38.2 Å². The maximum atomic E-state index is 13.5. The number of aromatic nitrogens is 2. The van der Waals surface area contributed by atoms with Crippen molar-refractivity contribution < 1.29 is 18.8 Å². The van der Waals surface area contributed by atoms with Gasteiger partial charge in [-0.25, -0.2) is 13.9 Å². The van der Waals surface area contributed by atoms with Crippen LogP contribution in [0.4, 0.5) is 9.18 Å². The molecule has 1 aliphatic heterocycles. The van der Waals surface area contributed by atoms with E-state index < -0.39 is 17.5 Å². The van der Waals surface area contributed by atoms with E-state index >= 15 is 0 Å². The summed E-state index contributed by atoms with van der Waals surface area (Å²) >= 11 is 0. The molecular weight excluding hydrogens is 461 g/mol. The monoisotopic (exact) mass is 489 g/mol. The van der Waals surface area contributed by atoms with E-state index in [1.165, 1.54) is 12.1 Å². The lowest BCUT2D eigenvalue weighted by Gasteiger charge is -2.36. The second kappa shape index (κ2) is 9.56. The van der Waals surface area contributed by atoms with E-state index in [1.54, 1.807) is 23.0 Å². The Morgan fingerprint density at radius 1 is 1.14 bits per heavy atom. The molecule has 186 valence electrons. The van der Waals surface area contributed by atoms with Crippen LogP contribution in [-0.4, -0.2) is 44.6 Å². The third kappa shape index (κ3) is 4.36. The second-order valence-corrected chi connectivity index (χ2v) is 9.51. The fraction of sp³-hybridized carbons (Fsp3) is 0.333. The molecule has 1 saturated heterocycles. The third-order valence-electron chi connectivity index (χ3n) is 7.21. The van der Waals surface area contributed by atoms with Gasteiger partial charge in [-0.1, -0.05) is 38.0 Å². The minimum absolute atomic E-state index is 0.0258. The molecule has 2 heterocycles. The van der Waals surface area contributed by atoms with Crippen molar-refractivity contribution in [2.24, 2.45) is 5.92 Å². The van der Waals surface area contributed by atoms with E-state index in [-0.39, 0.29) is 30.7 Å². The average Bonchev–Trinajstić information content (AvgIpc) is 3.41. The molecule has 1 aliphatic carbocycles. The van der Waals surface area contributed by atoms with E-state index in [9.17, 15) is 18.8 Å². The fourth-order valence-electron chi connectivity index (χ4n) is 5.14. The van der Waals surface area contributed by atoms with Gasteiger partial charge in [0, 0.05) is 23.9 Å². The summed E-state index contributed by atoms with van der Waals surface area (Å²) in [6, 6.07) is 15.0. The van der Waals surface area contributed by atoms with Crippen molar-refractivity contribution in [3.8, 4) is 16.9 Å². The van der Waals surface area contributed by atoms with Crippen LogP contribution in [-0.2, 0) is 16.1 Å². The Morgan fingerprint density at radius 2 is 1.89 bits per heavy atom. The quantitative estimate of drug-likeness (QED) is 0.515. The van der Waals surface area contributed by atoms with Gasteiger partial charge in [0.25, 0.3) is 5.91 Å². The predicted octanol–water partition coefficient (Wildman–Crippen LogP) is 3.80. The Morgan fingerprint density at radius 3 is 2.61 bits per heavy atom. The zero-order valence-corrected chi connectivity index (χ0v) is 20.0. The number of hydrogen-bond donors (Lipinski definition) is 2. The van der Waals surface area contributed by atoms with E-state index in [4.69, 9.17) is 0 Å². The van der Waals surface area contributed by atoms with Gasteiger partial charge < -0.3 is 10.6 Å². The molecule has 36 heavy (non-hydrogen) atoms. The number of rotatable bonds is 6. The molecule has 8 nitrogen and oxygen atoms in total. The Kier molecular flexibility index (Phi) is 6.30. The molecule has 1 spiro atoms. The Labute approximate surface area is 208 Å². The van der Waals surface area contributed by atoms with E-state index in [1.807, 2.05) is 37.3 Å². The SMILES string of the molecule is CC1CCCCC12NC(=O)N(CC(=O)NCc1cn(-c3ccccc3)nc1-c1ccc(F)cc1)C2=O. The molecule has 1 saturated carbocycles.